The van der Waals surface area contributed by atoms with E-state index in [0.717, 1.165) is 12.8 Å². The van der Waals surface area contributed by atoms with Crippen LogP contribution in [-0.2, 0) is 9.59 Å². The molecule has 2 atom stereocenters. The van der Waals surface area contributed by atoms with Crippen molar-refractivity contribution in [3.63, 3.8) is 0 Å². The highest BCUT2D eigenvalue weighted by atomic mass is 32.2. The van der Waals surface area contributed by atoms with Crippen molar-refractivity contribution in [3.8, 4) is 0 Å². The minimum Gasteiger partial charge on any atom is -0.481 e. The number of carboxylic acid groups (broad SMARTS) is 1. The summed E-state index contributed by atoms with van der Waals surface area (Å²) in [5.74, 6) is 0.241. The number of rotatable bonds is 9. The molecule has 0 aromatic carbocycles. The topological polar surface area (TPSA) is 66.4 Å². The second kappa shape index (κ2) is 9.25. The number of hydrogen-bond acceptors (Lipinski definition) is 3. The van der Waals surface area contributed by atoms with E-state index < -0.39 is 11.9 Å². The van der Waals surface area contributed by atoms with Gasteiger partial charge in [-0.25, -0.2) is 0 Å². The monoisotopic (exact) mass is 275 g/mol. The predicted octanol–water partition coefficient (Wildman–Crippen LogP) is 2.38. The number of aliphatic carboxylic acids is 1. The molecule has 0 saturated heterocycles. The first-order valence-electron chi connectivity index (χ1n) is 6.42. The number of carbonyl (C=O) groups is 2. The van der Waals surface area contributed by atoms with Crippen molar-refractivity contribution in [1.82, 2.24) is 5.32 Å². The summed E-state index contributed by atoms with van der Waals surface area (Å²) in [7, 11) is 0. The van der Waals surface area contributed by atoms with Crippen molar-refractivity contribution >= 4 is 23.6 Å². The Hall–Kier alpha value is -0.710. The molecule has 0 rings (SSSR count). The lowest BCUT2D eigenvalue weighted by Gasteiger charge is -2.15. The standard InChI is InChI=1S/C13H25NO3S/c1-9(2)5-6-11(4)14-12(15)8-18-7-10(3)13(16)17/h9-11H,5-8H2,1-4H3,(H,14,15)(H,16,17). The van der Waals surface area contributed by atoms with Gasteiger partial charge in [-0.3, -0.25) is 9.59 Å². The van der Waals surface area contributed by atoms with Crippen molar-refractivity contribution in [1.29, 1.82) is 0 Å². The van der Waals surface area contributed by atoms with Crippen molar-refractivity contribution in [2.75, 3.05) is 11.5 Å². The number of hydrogen-bond donors (Lipinski definition) is 2. The first kappa shape index (κ1) is 17.3. The third kappa shape index (κ3) is 9.33. The van der Waals surface area contributed by atoms with Crippen LogP contribution in [0.4, 0.5) is 0 Å². The molecule has 18 heavy (non-hydrogen) atoms. The van der Waals surface area contributed by atoms with Gasteiger partial charge in [0.1, 0.15) is 0 Å². The predicted molar refractivity (Wildman–Crippen MR) is 75.8 cm³/mol. The van der Waals surface area contributed by atoms with E-state index in [1.807, 2.05) is 6.92 Å². The maximum absolute atomic E-state index is 11.6. The summed E-state index contributed by atoms with van der Waals surface area (Å²) in [6.07, 6.45) is 2.09. The summed E-state index contributed by atoms with van der Waals surface area (Å²) >= 11 is 1.37. The average molecular weight is 275 g/mol. The summed E-state index contributed by atoms with van der Waals surface area (Å²) in [6.45, 7) is 7.98. The van der Waals surface area contributed by atoms with Crippen molar-refractivity contribution in [2.45, 2.75) is 46.6 Å². The normalized spacial score (nSPS) is 14.3. The highest BCUT2D eigenvalue weighted by Gasteiger charge is 2.12. The van der Waals surface area contributed by atoms with Crippen molar-refractivity contribution in [3.05, 3.63) is 0 Å². The lowest BCUT2D eigenvalue weighted by Crippen LogP contribution is -2.34. The highest BCUT2D eigenvalue weighted by molar-refractivity contribution is 7.99. The first-order chi connectivity index (χ1) is 8.32. The van der Waals surface area contributed by atoms with Crippen LogP contribution in [0.15, 0.2) is 0 Å². The van der Waals surface area contributed by atoms with Crippen LogP contribution in [0.5, 0.6) is 0 Å². The minimum absolute atomic E-state index is 0.00570. The molecular formula is C13H25NO3S. The first-order valence-corrected chi connectivity index (χ1v) is 7.58. The van der Waals surface area contributed by atoms with Crippen LogP contribution in [0.3, 0.4) is 0 Å². The molecule has 5 heteroatoms. The molecule has 0 aliphatic heterocycles. The van der Waals surface area contributed by atoms with Gasteiger partial charge in [-0.05, 0) is 25.7 Å². The van der Waals surface area contributed by atoms with E-state index in [1.54, 1.807) is 6.92 Å². The largest absolute Gasteiger partial charge is 0.481 e. The summed E-state index contributed by atoms with van der Waals surface area (Å²) in [4.78, 5) is 22.2. The van der Waals surface area contributed by atoms with Gasteiger partial charge >= 0.3 is 5.97 Å². The van der Waals surface area contributed by atoms with Gasteiger partial charge in [-0.15, -0.1) is 0 Å². The summed E-state index contributed by atoms with van der Waals surface area (Å²) < 4.78 is 0. The minimum atomic E-state index is -0.812. The molecule has 2 N–H and O–H groups in total. The van der Waals surface area contributed by atoms with Crippen molar-refractivity contribution < 1.29 is 14.7 Å². The van der Waals surface area contributed by atoms with Crippen LogP contribution in [0.2, 0.25) is 0 Å². The summed E-state index contributed by atoms with van der Waals surface area (Å²) in [5, 5.41) is 11.6. The number of carbonyl (C=O) groups excluding carboxylic acids is 1. The van der Waals surface area contributed by atoms with Gasteiger partial charge in [0.25, 0.3) is 0 Å². The Bertz CT molecular complexity index is 269. The molecular weight excluding hydrogens is 250 g/mol. The van der Waals surface area contributed by atoms with Crippen LogP contribution < -0.4 is 5.32 Å². The lowest BCUT2D eigenvalue weighted by molar-refractivity contribution is -0.140. The Kier molecular flexibility index (Phi) is 8.89. The molecule has 0 aromatic rings. The zero-order chi connectivity index (χ0) is 14.1. The molecule has 0 fully saturated rings. The Morgan fingerprint density at radius 3 is 2.28 bits per heavy atom. The molecule has 0 saturated carbocycles. The fourth-order valence-corrected chi connectivity index (χ4v) is 2.25. The second-order valence-corrected chi connectivity index (χ2v) is 6.22. The Balaban J connectivity index is 3.67. The maximum atomic E-state index is 11.6. The van der Waals surface area contributed by atoms with Gasteiger partial charge in [-0.2, -0.15) is 11.8 Å². The number of amides is 1. The molecule has 0 aliphatic rings. The smallest absolute Gasteiger partial charge is 0.307 e. The quantitative estimate of drug-likeness (QED) is 0.678. The maximum Gasteiger partial charge on any atom is 0.307 e. The molecule has 0 aliphatic carbocycles. The third-order valence-corrected chi connectivity index (χ3v) is 3.81. The highest BCUT2D eigenvalue weighted by Crippen LogP contribution is 2.09. The van der Waals surface area contributed by atoms with Crippen LogP contribution in [0.25, 0.3) is 0 Å². The molecule has 0 bridgehead atoms. The molecule has 106 valence electrons. The molecule has 0 radical (unpaired) electrons. The number of carboxylic acids is 1. The molecule has 2 unspecified atom stereocenters. The number of nitrogens with one attached hydrogen (secondary N) is 1. The van der Waals surface area contributed by atoms with Crippen molar-refractivity contribution in [2.24, 2.45) is 11.8 Å². The summed E-state index contributed by atoms with van der Waals surface area (Å²) in [5.41, 5.74) is 0. The van der Waals surface area contributed by atoms with E-state index >= 15 is 0 Å². The Morgan fingerprint density at radius 2 is 1.78 bits per heavy atom. The molecule has 0 aromatic heterocycles. The molecule has 4 nitrogen and oxygen atoms in total. The van der Waals surface area contributed by atoms with E-state index in [1.165, 1.54) is 11.8 Å². The lowest BCUT2D eigenvalue weighted by atomic mass is 10.0. The van der Waals surface area contributed by atoms with Gasteiger partial charge in [0.2, 0.25) is 5.91 Å². The summed E-state index contributed by atoms with van der Waals surface area (Å²) in [6, 6.07) is 0.192. The van der Waals surface area contributed by atoms with Crippen LogP contribution in [0, 0.1) is 11.8 Å². The molecule has 0 spiro atoms. The Labute approximate surface area is 114 Å². The van der Waals surface area contributed by atoms with Gasteiger partial charge in [-0.1, -0.05) is 20.8 Å². The third-order valence-electron chi connectivity index (χ3n) is 2.61. The zero-order valence-corrected chi connectivity index (χ0v) is 12.5. The fourth-order valence-electron chi connectivity index (χ4n) is 1.37. The number of thioether (sulfide) groups is 1. The van der Waals surface area contributed by atoms with Gasteiger partial charge in [0, 0.05) is 11.8 Å². The second-order valence-electron chi connectivity index (χ2n) is 5.19. The van der Waals surface area contributed by atoms with E-state index in [9.17, 15) is 9.59 Å². The molecule has 0 heterocycles. The van der Waals surface area contributed by atoms with Crippen LogP contribution in [0.1, 0.15) is 40.5 Å². The van der Waals surface area contributed by atoms with E-state index in [2.05, 4.69) is 19.2 Å². The SMILES string of the molecule is CC(C)CCC(C)NC(=O)CSCC(C)C(=O)O. The zero-order valence-electron chi connectivity index (χ0n) is 11.7. The van der Waals surface area contributed by atoms with Gasteiger partial charge < -0.3 is 10.4 Å². The van der Waals surface area contributed by atoms with Gasteiger partial charge in [0.15, 0.2) is 0 Å². The fraction of sp³-hybridized carbons (Fsp3) is 0.846. The van der Waals surface area contributed by atoms with Crippen LogP contribution in [-0.4, -0.2) is 34.5 Å². The van der Waals surface area contributed by atoms with E-state index in [-0.39, 0.29) is 11.9 Å². The van der Waals surface area contributed by atoms with E-state index in [4.69, 9.17) is 5.11 Å². The van der Waals surface area contributed by atoms with E-state index in [0.29, 0.717) is 17.4 Å². The van der Waals surface area contributed by atoms with Gasteiger partial charge in [0.05, 0.1) is 11.7 Å². The van der Waals surface area contributed by atoms with Crippen LogP contribution >= 0.6 is 11.8 Å². The molecule has 1 amide bonds. The Morgan fingerprint density at radius 1 is 1.17 bits per heavy atom. The average Bonchev–Trinajstić information content (AvgIpc) is 2.25.